The SMILES string of the molecule is CCNC(=NCc1ncnn1C)N1CCN(CC(=O)N2CCCCC2)CC1.I. The van der Waals surface area contributed by atoms with Crippen LogP contribution in [0.2, 0.25) is 0 Å². The number of aryl methyl sites for hydroxylation is 1. The monoisotopic (exact) mass is 504 g/mol. The lowest BCUT2D eigenvalue weighted by molar-refractivity contribution is -0.133. The summed E-state index contributed by atoms with van der Waals surface area (Å²) < 4.78 is 1.75. The van der Waals surface area contributed by atoms with E-state index >= 15 is 0 Å². The highest BCUT2D eigenvalue weighted by atomic mass is 127. The summed E-state index contributed by atoms with van der Waals surface area (Å²) in [6.45, 7) is 9.32. The highest BCUT2D eigenvalue weighted by molar-refractivity contribution is 14.0. The number of rotatable bonds is 5. The molecule has 1 N–H and O–H groups in total. The molecule has 0 aliphatic carbocycles. The normalized spacial score (nSPS) is 18.7. The summed E-state index contributed by atoms with van der Waals surface area (Å²) in [5, 5.41) is 7.46. The molecule has 3 rings (SSSR count). The number of nitrogens with zero attached hydrogens (tertiary/aromatic N) is 7. The van der Waals surface area contributed by atoms with Crippen LogP contribution in [0.3, 0.4) is 0 Å². The van der Waals surface area contributed by atoms with Gasteiger partial charge in [0.2, 0.25) is 5.91 Å². The molecule has 0 atom stereocenters. The molecule has 1 aromatic rings. The Morgan fingerprint density at radius 1 is 1.11 bits per heavy atom. The van der Waals surface area contributed by atoms with Gasteiger partial charge >= 0.3 is 0 Å². The van der Waals surface area contributed by atoms with Crippen LogP contribution in [0.25, 0.3) is 0 Å². The first-order valence-electron chi connectivity index (χ1n) is 10.0. The molecule has 0 radical (unpaired) electrons. The minimum Gasteiger partial charge on any atom is -0.357 e. The van der Waals surface area contributed by atoms with E-state index in [2.05, 4.69) is 32.1 Å². The number of hydrogen-bond donors (Lipinski definition) is 1. The molecule has 1 aromatic heterocycles. The number of amides is 1. The van der Waals surface area contributed by atoms with Gasteiger partial charge in [0.1, 0.15) is 18.7 Å². The predicted molar refractivity (Wildman–Crippen MR) is 120 cm³/mol. The van der Waals surface area contributed by atoms with Gasteiger partial charge in [0.15, 0.2) is 5.96 Å². The largest absolute Gasteiger partial charge is 0.357 e. The quantitative estimate of drug-likeness (QED) is 0.358. The van der Waals surface area contributed by atoms with Crippen LogP contribution in [0.1, 0.15) is 32.0 Å². The molecular formula is C18H33IN8O. The Morgan fingerprint density at radius 3 is 2.43 bits per heavy atom. The average molecular weight is 504 g/mol. The summed E-state index contributed by atoms with van der Waals surface area (Å²) in [7, 11) is 1.88. The van der Waals surface area contributed by atoms with Crippen LogP contribution in [0, 0.1) is 0 Å². The zero-order valence-corrected chi connectivity index (χ0v) is 19.3. The maximum absolute atomic E-state index is 12.5. The average Bonchev–Trinajstić information content (AvgIpc) is 3.11. The third-order valence-corrected chi connectivity index (χ3v) is 5.25. The summed E-state index contributed by atoms with van der Waals surface area (Å²) in [6, 6.07) is 0. The number of likely N-dealkylation sites (tertiary alicyclic amines) is 1. The van der Waals surface area contributed by atoms with Gasteiger partial charge in [0.05, 0.1) is 6.54 Å². The van der Waals surface area contributed by atoms with Crippen molar-refractivity contribution < 1.29 is 4.79 Å². The van der Waals surface area contributed by atoms with E-state index < -0.39 is 0 Å². The van der Waals surface area contributed by atoms with Crippen LogP contribution in [0.5, 0.6) is 0 Å². The van der Waals surface area contributed by atoms with Gasteiger partial charge in [-0.1, -0.05) is 0 Å². The molecule has 0 saturated carbocycles. The molecule has 2 aliphatic heterocycles. The fourth-order valence-electron chi connectivity index (χ4n) is 3.59. The van der Waals surface area contributed by atoms with Gasteiger partial charge in [-0.2, -0.15) is 5.10 Å². The number of carbonyl (C=O) groups excluding carboxylic acids is 1. The molecule has 10 heteroatoms. The molecule has 3 heterocycles. The fourth-order valence-corrected chi connectivity index (χ4v) is 3.59. The Morgan fingerprint density at radius 2 is 1.82 bits per heavy atom. The van der Waals surface area contributed by atoms with Crippen molar-refractivity contribution in [3.8, 4) is 0 Å². The second-order valence-electron chi connectivity index (χ2n) is 7.17. The van der Waals surface area contributed by atoms with Gasteiger partial charge in [-0.15, -0.1) is 24.0 Å². The lowest BCUT2D eigenvalue weighted by Crippen LogP contribution is -2.54. The molecular weight excluding hydrogens is 471 g/mol. The van der Waals surface area contributed by atoms with E-state index in [4.69, 9.17) is 4.99 Å². The van der Waals surface area contributed by atoms with Crippen LogP contribution in [0.4, 0.5) is 0 Å². The Bertz CT molecular complexity index is 635. The highest BCUT2D eigenvalue weighted by Gasteiger charge is 2.24. The summed E-state index contributed by atoms with van der Waals surface area (Å²) in [5.41, 5.74) is 0. The third kappa shape index (κ3) is 6.29. The maximum atomic E-state index is 12.5. The lowest BCUT2D eigenvalue weighted by atomic mass is 10.1. The molecule has 28 heavy (non-hydrogen) atoms. The van der Waals surface area contributed by atoms with Crippen LogP contribution in [0.15, 0.2) is 11.3 Å². The van der Waals surface area contributed by atoms with E-state index in [1.807, 2.05) is 11.9 Å². The van der Waals surface area contributed by atoms with E-state index in [0.29, 0.717) is 13.1 Å². The second kappa shape index (κ2) is 11.5. The van der Waals surface area contributed by atoms with Crippen molar-refractivity contribution >= 4 is 35.8 Å². The van der Waals surface area contributed by atoms with Crippen LogP contribution in [-0.2, 0) is 18.4 Å². The third-order valence-electron chi connectivity index (χ3n) is 5.25. The molecule has 9 nitrogen and oxygen atoms in total. The number of aromatic nitrogens is 3. The zero-order valence-electron chi connectivity index (χ0n) is 17.0. The second-order valence-corrected chi connectivity index (χ2v) is 7.17. The number of aliphatic imine (C=N–C) groups is 1. The van der Waals surface area contributed by atoms with Crippen molar-refractivity contribution in [1.82, 2.24) is 34.8 Å². The minimum atomic E-state index is 0. The first-order valence-corrected chi connectivity index (χ1v) is 10.0. The topological polar surface area (TPSA) is 81.9 Å². The Hall–Kier alpha value is -1.43. The molecule has 0 aromatic carbocycles. The summed E-state index contributed by atoms with van der Waals surface area (Å²) in [6.07, 6.45) is 5.10. The number of hydrogen-bond acceptors (Lipinski definition) is 5. The van der Waals surface area contributed by atoms with Crippen LogP contribution < -0.4 is 5.32 Å². The number of piperazine rings is 1. The van der Waals surface area contributed by atoms with Crippen molar-refractivity contribution in [2.75, 3.05) is 52.4 Å². The summed E-state index contributed by atoms with van der Waals surface area (Å²) >= 11 is 0. The van der Waals surface area contributed by atoms with Gasteiger partial charge < -0.3 is 15.1 Å². The first kappa shape index (κ1) is 22.9. The van der Waals surface area contributed by atoms with Gasteiger partial charge in [-0.05, 0) is 26.2 Å². The van der Waals surface area contributed by atoms with E-state index in [1.165, 1.54) is 6.42 Å². The number of halogens is 1. The van der Waals surface area contributed by atoms with Crippen molar-refractivity contribution in [2.45, 2.75) is 32.7 Å². The number of guanidine groups is 1. The van der Waals surface area contributed by atoms with E-state index in [1.54, 1.807) is 11.0 Å². The Kier molecular flexibility index (Phi) is 9.42. The molecule has 158 valence electrons. The van der Waals surface area contributed by atoms with E-state index in [0.717, 1.165) is 70.4 Å². The molecule has 2 saturated heterocycles. The maximum Gasteiger partial charge on any atom is 0.236 e. The minimum absolute atomic E-state index is 0. The lowest BCUT2D eigenvalue weighted by Gasteiger charge is -2.37. The number of nitrogens with one attached hydrogen (secondary N) is 1. The van der Waals surface area contributed by atoms with Crippen molar-refractivity contribution in [3.05, 3.63) is 12.2 Å². The van der Waals surface area contributed by atoms with Crippen molar-refractivity contribution in [2.24, 2.45) is 12.0 Å². The zero-order chi connectivity index (χ0) is 19.1. The molecule has 2 aliphatic rings. The summed E-state index contributed by atoms with van der Waals surface area (Å²) in [5.74, 6) is 2.03. The van der Waals surface area contributed by atoms with E-state index in [-0.39, 0.29) is 29.9 Å². The van der Waals surface area contributed by atoms with Gasteiger partial charge in [-0.25, -0.2) is 9.98 Å². The fraction of sp³-hybridized carbons (Fsp3) is 0.778. The molecule has 0 bridgehead atoms. The van der Waals surface area contributed by atoms with Crippen molar-refractivity contribution in [3.63, 3.8) is 0 Å². The predicted octanol–water partition coefficient (Wildman–Crippen LogP) is 0.529. The van der Waals surface area contributed by atoms with Gasteiger partial charge in [-0.3, -0.25) is 14.4 Å². The standard InChI is InChI=1S/C18H32N8O.HI/c1-3-19-18(20-13-16-21-15-22-23(16)2)26-11-9-24(10-12-26)14-17(27)25-7-5-4-6-8-25;/h15H,3-14H2,1-2H3,(H,19,20);1H. The smallest absolute Gasteiger partial charge is 0.236 e. The number of piperidine rings is 1. The molecule has 0 spiro atoms. The van der Waals surface area contributed by atoms with Crippen LogP contribution in [-0.4, -0.2) is 93.7 Å². The first-order chi connectivity index (χ1) is 13.2. The number of carbonyl (C=O) groups is 1. The highest BCUT2D eigenvalue weighted by Crippen LogP contribution is 2.10. The Balaban J connectivity index is 0.00000280. The molecule has 1 amide bonds. The van der Waals surface area contributed by atoms with Gasteiger partial charge in [0.25, 0.3) is 0 Å². The van der Waals surface area contributed by atoms with Gasteiger partial charge in [0, 0.05) is 52.9 Å². The molecule has 2 fully saturated rings. The Labute approximate surface area is 184 Å². The van der Waals surface area contributed by atoms with Crippen molar-refractivity contribution in [1.29, 1.82) is 0 Å². The molecule has 0 unspecified atom stereocenters. The van der Waals surface area contributed by atoms with E-state index in [9.17, 15) is 4.79 Å². The summed E-state index contributed by atoms with van der Waals surface area (Å²) in [4.78, 5) is 28.0. The van der Waals surface area contributed by atoms with Crippen LogP contribution >= 0.6 is 24.0 Å².